The van der Waals surface area contributed by atoms with Gasteiger partial charge in [-0.05, 0) is 55.5 Å². The first-order chi connectivity index (χ1) is 17.0. The predicted molar refractivity (Wildman–Crippen MR) is 135 cm³/mol. The molecular weight excluding hydrogens is 470 g/mol. The van der Waals surface area contributed by atoms with E-state index >= 15 is 0 Å². The molecule has 4 rings (SSSR count). The Balaban J connectivity index is 1.46. The smallest absolute Gasteiger partial charge is 0.299 e. The van der Waals surface area contributed by atoms with Crippen LogP contribution in [-0.4, -0.2) is 66.6 Å². The number of nitrogens with zero attached hydrogens (tertiary/aromatic N) is 3. The van der Waals surface area contributed by atoms with Crippen molar-refractivity contribution in [2.24, 2.45) is 0 Å². The second-order valence-electron chi connectivity index (χ2n) is 7.92. The van der Waals surface area contributed by atoms with Gasteiger partial charge in [-0.15, -0.1) is 0 Å². The molecule has 2 aromatic carbocycles. The van der Waals surface area contributed by atoms with Crippen LogP contribution in [-0.2, 0) is 4.74 Å². The third-order valence-electron chi connectivity index (χ3n) is 5.55. The summed E-state index contributed by atoms with van der Waals surface area (Å²) < 4.78 is 12.2. The monoisotopic (exact) mass is 497 g/mol. The zero-order valence-electron chi connectivity index (χ0n) is 19.5. The first-order valence-electron chi connectivity index (χ1n) is 11.5. The van der Waals surface area contributed by atoms with E-state index < -0.39 is 0 Å². The average molecular weight is 498 g/mol. The number of halogens is 1. The summed E-state index contributed by atoms with van der Waals surface area (Å²) in [5.41, 5.74) is 1.63. The molecule has 9 nitrogen and oxygen atoms in total. The highest BCUT2D eigenvalue weighted by atomic mass is 35.5. The number of morpholine rings is 1. The summed E-state index contributed by atoms with van der Waals surface area (Å²) in [6.45, 7) is 6.80. The molecule has 1 saturated heterocycles. The first kappa shape index (κ1) is 24.7. The molecule has 0 radical (unpaired) electrons. The van der Waals surface area contributed by atoms with Crippen LogP contribution in [0.2, 0.25) is 5.02 Å². The third kappa shape index (κ3) is 6.39. The highest BCUT2D eigenvalue weighted by molar-refractivity contribution is 6.30. The number of benzene rings is 2. The molecule has 0 unspecified atom stereocenters. The Morgan fingerprint density at radius 2 is 1.83 bits per heavy atom. The fourth-order valence-electron chi connectivity index (χ4n) is 3.69. The number of carbonyl (C=O) groups is 1. The predicted octanol–water partition coefficient (Wildman–Crippen LogP) is 3.09. The lowest BCUT2D eigenvalue weighted by molar-refractivity contribution is 0.0383. The van der Waals surface area contributed by atoms with E-state index in [9.17, 15) is 9.59 Å². The molecule has 1 aromatic heterocycles. The number of anilines is 2. The minimum Gasteiger partial charge on any atom is -0.490 e. The normalized spacial score (nSPS) is 13.9. The van der Waals surface area contributed by atoms with Crippen molar-refractivity contribution < 1.29 is 14.3 Å². The van der Waals surface area contributed by atoms with Crippen LogP contribution in [0.25, 0.3) is 5.69 Å². The molecule has 0 bridgehead atoms. The van der Waals surface area contributed by atoms with Crippen molar-refractivity contribution in [3.63, 3.8) is 0 Å². The number of carbonyl (C=O) groups excluding carboxylic acids is 1. The summed E-state index contributed by atoms with van der Waals surface area (Å²) in [4.78, 5) is 28.0. The zero-order chi connectivity index (χ0) is 24.6. The van der Waals surface area contributed by atoms with Gasteiger partial charge in [0.2, 0.25) is 0 Å². The topological polar surface area (TPSA) is 97.7 Å². The molecular formula is C25H28ClN5O4. The first-order valence-corrected chi connectivity index (χ1v) is 11.9. The molecule has 10 heteroatoms. The highest BCUT2D eigenvalue weighted by Crippen LogP contribution is 2.24. The molecule has 1 aliphatic heterocycles. The van der Waals surface area contributed by atoms with E-state index in [-0.39, 0.29) is 17.2 Å². The van der Waals surface area contributed by atoms with Gasteiger partial charge in [-0.3, -0.25) is 14.5 Å². The lowest BCUT2D eigenvalue weighted by atomic mass is 10.2. The van der Waals surface area contributed by atoms with E-state index in [1.165, 1.54) is 10.9 Å². The molecule has 184 valence electrons. The molecule has 3 aromatic rings. The Hall–Kier alpha value is -3.40. The van der Waals surface area contributed by atoms with Crippen LogP contribution in [0, 0.1) is 0 Å². The van der Waals surface area contributed by atoms with Crippen molar-refractivity contribution in [2.45, 2.75) is 6.92 Å². The lowest BCUT2D eigenvalue weighted by Crippen LogP contribution is -2.41. The van der Waals surface area contributed by atoms with Crippen LogP contribution < -0.4 is 20.9 Å². The molecule has 2 N–H and O–H groups in total. The molecule has 1 amide bonds. The molecule has 2 heterocycles. The summed E-state index contributed by atoms with van der Waals surface area (Å²) >= 11 is 5.97. The van der Waals surface area contributed by atoms with Gasteiger partial charge in [-0.2, -0.15) is 9.78 Å². The minimum atomic E-state index is -0.372. The number of rotatable bonds is 9. The third-order valence-corrected chi connectivity index (χ3v) is 5.80. The van der Waals surface area contributed by atoms with Crippen LogP contribution in [0.5, 0.6) is 5.75 Å². The Morgan fingerprint density at radius 3 is 2.51 bits per heavy atom. The van der Waals surface area contributed by atoms with Crippen molar-refractivity contribution in [2.75, 3.05) is 51.3 Å². The van der Waals surface area contributed by atoms with Crippen LogP contribution in [0.4, 0.5) is 11.4 Å². The minimum absolute atomic E-state index is 0.145. The van der Waals surface area contributed by atoms with Crippen molar-refractivity contribution >= 4 is 28.9 Å². The van der Waals surface area contributed by atoms with Crippen molar-refractivity contribution in [1.82, 2.24) is 20.0 Å². The van der Waals surface area contributed by atoms with Gasteiger partial charge in [0.15, 0.2) is 11.4 Å². The molecule has 1 aliphatic rings. The molecule has 0 saturated carbocycles. The highest BCUT2D eigenvalue weighted by Gasteiger charge is 2.15. The van der Waals surface area contributed by atoms with Gasteiger partial charge >= 0.3 is 0 Å². The van der Waals surface area contributed by atoms with Gasteiger partial charge in [0.25, 0.3) is 11.5 Å². The number of hydrogen-bond acceptors (Lipinski definition) is 7. The van der Waals surface area contributed by atoms with E-state index in [2.05, 4.69) is 20.6 Å². The Labute approximate surface area is 208 Å². The molecule has 0 aliphatic carbocycles. The Bertz CT molecular complexity index is 1190. The van der Waals surface area contributed by atoms with E-state index in [1.807, 2.05) is 6.92 Å². The summed E-state index contributed by atoms with van der Waals surface area (Å²) in [6.07, 6.45) is 1.50. The summed E-state index contributed by atoms with van der Waals surface area (Å²) in [6, 6.07) is 13.7. The van der Waals surface area contributed by atoms with E-state index in [0.29, 0.717) is 40.9 Å². The molecule has 1 fully saturated rings. The largest absolute Gasteiger partial charge is 0.490 e. The zero-order valence-corrected chi connectivity index (χ0v) is 20.3. The number of amides is 1. The number of ether oxygens (including phenoxy) is 2. The van der Waals surface area contributed by atoms with Gasteiger partial charge in [0.1, 0.15) is 0 Å². The fraction of sp³-hybridized carbons (Fsp3) is 0.320. The van der Waals surface area contributed by atoms with E-state index in [4.69, 9.17) is 21.1 Å². The van der Waals surface area contributed by atoms with Crippen LogP contribution in [0.1, 0.15) is 17.3 Å². The molecule has 35 heavy (non-hydrogen) atoms. The number of nitrogens with one attached hydrogen (secondary N) is 2. The summed E-state index contributed by atoms with van der Waals surface area (Å²) in [5, 5.41) is 10.9. The maximum Gasteiger partial charge on any atom is 0.299 e. The van der Waals surface area contributed by atoms with Gasteiger partial charge in [0, 0.05) is 42.5 Å². The SMILES string of the molecule is CCOc1cnn(-c2ccc(Cl)cc2)c(=O)c1Nc1ccc(C(=O)NCCN2CCOCC2)cc1. The second-order valence-corrected chi connectivity index (χ2v) is 8.36. The van der Waals surface area contributed by atoms with E-state index in [1.54, 1.807) is 48.5 Å². The maximum absolute atomic E-state index is 13.2. The average Bonchev–Trinajstić information content (AvgIpc) is 2.88. The fourth-order valence-corrected chi connectivity index (χ4v) is 3.81. The van der Waals surface area contributed by atoms with Gasteiger partial charge < -0.3 is 20.1 Å². The van der Waals surface area contributed by atoms with Crippen molar-refractivity contribution in [1.29, 1.82) is 0 Å². The van der Waals surface area contributed by atoms with Crippen LogP contribution >= 0.6 is 11.6 Å². The van der Waals surface area contributed by atoms with E-state index in [0.717, 1.165) is 32.8 Å². The molecule has 0 atom stereocenters. The van der Waals surface area contributed by atoms with Gasteiger partial charge in [-0.25, -0.2) is 0 Å². The van der Waals surface area contributed by atoms with Crippen LogP contribution in [0.3, 0.4) is 0 Å². The standard InChI is InChI=1S/C25H28ClN5O4/c1-2-35-22-17-28-31(21-9-5-19(26)6-10-21)25(33)23(22)29-20-7-3-18(4-8-20)24(32)27-11-12-30-13-15-34-16-14-30/h3-10,17,29H,2,11-16H2,1H3,(H,27,32). The number of aromatic nitrogens is 2. The van der Waals surface area contributed by atoms with Crippen molar-refractivity contribution in [3.05, 3.63) is 75.7 Å². The Morgan fingerprint density at radius 1 is 1.11 bits per heavy atom. The lowest BCUT2D eigenvalue weighted by Gasteiger charge is -2.26. The second kappa shape index (κ2) is 11.8. The Kier molecular flexibility index (Phi) is 8.36. The van der Waals surface area contributed by atoms with Crippen LogP contribution in [0.15, 0.2) is 59.5 Å². The summed E-state index contributed by atoms with van der Waals surface area (Å²) in [5.74, 6) is 0.196. The molecule has 0 spiro atoms. The van der Waals surface area contributed by atoms with Crippen molar-refractivity contribution in [3.8, 4) is 11.4 Å². The maximum atomic E-state index is 13.2. The van der Waals surface area contributed by atoms with Gasteiger partial charge in [-0.1, -0.05) is 11.6 Å². The quantitative estimate of drug-likeness (QED) is 0.469. The number of hydrogen-bond donors (Lipinski definition) is 2. The van der Waals surface area contributed by atoms with Gasteiger partial charge in [0.05, 0.1) is 31.7 Å². The summed E-state index contributed by atoms with van der Waals surface area (Å²) in [7, 11) is 0.